The lowest BCUT2D eigenvalue weighted by Crippen LogP contribution is -1.99. The van der Waals surface area contributed by atoms with E-state index >= 15 is 0 Å². The number of thiazole rings is 1. The molecule has 1 heterocycles. The fraction of sp³-hybridized carbons (Fsp3) is 0.250. The number of nitrogens with zero attached hydrogens (tertiary/aromatic N) is 1. The summed E-state index contributed by atoms with van der Waals surface area (Å²) in [4.78, 5) is 4.33. The lowest BCUT2D eigenvalue weighted by Gasteiger charge is -2.10. The minimum absolute atomic E-state index is 0.421. The lowest BCUT2D eigenvalue weighted by molar-refractivity contribution is 0.281. The van der Waals surface area contributed by atoms with E-state index in [9.17, 15) is 0 Å². The number of methoxy groups -OCH3 is 1. The fourth-order valence-electron chi connectivity index (χ4n) is 1.43. The van der Waals surface area contributed by atoms with Gasteiger partial charge in [0.25, 0.3) is 0 Å². The Bertz CT molecular complexity index is 511. The summed E-state index contributed by atoms with van der Waals surface area (Å²) in [5.74, 6) is 1.31. The lowest BCUT2D eigenvalue weighted by atomic mass is 10.3. The van der Waals surface area contributed by atoms with Crippen molar-refractivity contribution in [3.8, 4) is 11.5 Å². The monoisotopic (exact) mass is 250 g/mol. The second kappa shape index (κ2) is 5.05. The maximum Gasteiger partial charge on any atom is 0.163 e. The first-order valence-corrected chi connectivity index (χ1v) is 6.04. The summed E-state index contributed by atoms with van der Waals surface area (Å²) in [6, 6.07) is 5.31. The normalized spacial score (nSPS) is 10.2. The van der Waals surface area contributed by atoms with Gasteiger partial charge in [0.2, 0.25) is 0 Å². The second-order valence-corrected chi connectivity index (χ2v) is 4.62. The van der Waals surface area contributed by atoms with E-state index in [1.165, 1.54) is 0 Å². The van der Waals surface area contributed by atoms with Crippen LogP contribution in [0.2, 0.25) is 0 Å². The first-order valence-electron chi connectivity index (χ1n) is 5.16. The molecule has 0 aliphatic heterocycles. The molecule has 5 heteroatoms. The molecule has 2 aromatic rings. The summed E-state index contributed by atoms with van der Waals surface area (Å²) in [6.45, 7) is 2.39. The number of hydrogen-bond acceptors (Lipinski definition) is 5. The highest BCUT2D eigenvalue weighted by Gasteiger charge is 2.06. The zero-order valence-corrected chi connectivity index (χ0v) is 10.6. The van der Waals surface area contributed by atoms with E-state index < -0.39 is 0 Å². The highest BCUT2D eigenvalue weighted by atomic mass is 32.1. The van der Waals surface area contributed by atoms with Gasteiger partial charge in [-0.3, -0.25) is 0 Å². The van der Waals surface area contributed by atoms with Gasteiger partial charge in [0.1, 0.15) is 6.61 Å². The topological polar surface area (TPSA) is 57.4 Å². The molecule has 90 valence electrons. The minimum Gasteiger partial charge on any atom is -0.493 e. The van der Waals surface area contributed by atoms with E-state index in [1.807, 2.05) is 12.3 Å². The van der Waals surface area contributed by atoms with Crippen LogP contribution in [0.3, 0.4) is 0 Å². The van der Waals surface area contributed by atoms with E-state index in [0.29, 0.717) is 23.8 Å². The first kappa shape index (κ1) is 11.7. The second-order valence-electron chi connectivity index (χ2n) is 3.56. The zero-order chi connectivity index (χ0) is 12.3. The van der Waals surface area contributed by atoms with Crippen LogP contribution in [0.5, 0.6) is 11.5 Å². The van der Waals surface area contributed by atoms with E-state index in [0.717, 1.165) is 10.7 Å². The van der Waals surface area contributed by atoms with Gasteiger partial charge < -0.3 is 15.2 Å². The molecule has 0 unspecified atom stereocenters. The summed E-state index contributed by atoms with van der Waals surface area (Å²) in [7, 11) is 1.60. The summed E-state index contributed by atoms with van der Waals surface area (Å²) in [6.07, 6.45) is 0. The Morgan fingerprint density at radius 2 is 2.18 bits per heavy atom. The van der Waals surface area contributed by atoms with Gasteiger partial charge in [-0.05, 0) is 19.1 Å². The average molecular weight is 250 g/mol. The molecule has 2 rings (SSSR count). The molecule has 0 atom stereocenters. The third-order valence-corrected chi connectivity index (χ3v) is 3.05. The van der Waals surface area contributed by atoms with Crippen molar-refractivity contribution in [3.63, 3.8) is 0 Å². The SMILES string of the molecule is COc1ccc(N)cc1OCc1csc(C)n1. The molecule has 0 spiro atoms. The molecule has 0 saturated carbocycles. The molecule has 0 aliphatic carbocycles. The predicted octanol–water partition coefficient (Wildman–Crippen LogP) is 2.62. The summed E-state index contributed by atoms with van der Waals surface area (Å²) in [5, 5.41) is 3.01. The first-order chi connectivity index (χ1) is 8.19. The molecule has 0 aliphatic rings. The van der Waals surface area contributed by atoms with Crippen molar-refractivity contribution in [2.75, 3.05) is 12.8 Å². The highest BCUT2D eigenvalue weighted by Crippen LogP contribution is 2.29. The van der Waals surface area contributed by atoms with Gasteiger partial charge in [-0.1, -0.05) is 0 Å². The maximum atomic E-state index is 5.71. The van der Waals surface area contributed by atoms with E-state index in [4.69, 9.17) is 15.2 Å². The standard InChI is InChI=1S/C12H14N2O2S/c1-8-14-10(7-17-8)6-16-12-5-9(13)3-4-11(12)15-2/h3-5,7H,6,13H2,1-2H3. The number of hydrogen-bond donors (Lipinski definition) is 1. The molecular weight excluding hydrogens is 236 g/mol. The van der Waals surface area contributed by atoms with Crippen molar-refractivity contribution < 1.29 is 9.47 Å². The van der Waals surface area contributed by atoms with Gasteiger partial charge in [0, 0.05) is 17.1 Å². The van der Waals surface area contributed by atoms with Gasteiger partial charge >= 0.3 is 0 Å². The van der Waals surface area contributed by atoms with Crippen molar-refractivity contribution in [1.82, 2.24) is 4.98 Å². The number of aryl methyl sites for hydroxylation is 1. The summed E-state index contributed by atoms with van der Waals surface area (Å²) in [5.41, 5.74) is 7.27. The van der Waals surface area contributed by atoms with Crippen LogP contribution in [0.25, 0.3) is 0 Å². The van der Waals surface area contributed by atoms with Crippen LogP contribution in [0.4, 0.5) is 5.69 Å². The molecule has 0 saturated heterocycles. The van der Waals surface area contributed by atoms with Crippen LogP contribution in [0.1, 0.15) is 10.7 Å². The van der Waals surface area contributed by atoms with Crippen LogP contribution >= 0.6 is 11.3 Å². The van der Waals surface area contributed by atoms with Gasteiger partial charge in [0.15, 0.2) is 11.5 Å². The Kier molecular flexibility index (Phi) is 3.49. The molecule has 2 N–H and O–H groups in total. The molecule has 0 radical (unpaired) electrons. The number of ether oxygens (including phenoxy) is 2. The van der Waals surface area contributed by atoms with Gasteiger partial charge in [-0.25, -0.2) is 4.98 Å². The number of benzene rings is 1. The molecule has 1 aromatic heterocycles. The number of anilines is 1. The van der Waals surface area contributed by atoms with Crippen molar-refractivity contribution in [3.05, 3.63) is 34.3 Å². The van der Waals surface area contributed by atoms with Crippen LogP contribution in [-0.2, 0) is 6.61 Å². The Hall–Kier alpha value is -1.75. The van der Waals surface area contributed by atoms with Gasteiger partial charge in [-0.2, -0.15) is 0 Å². The number of aromatic nitrogens is 1. The Morgan fingerprint density at radius 1 is 1.35 bits per heavy atom. The van der Waals surface area contributed by atoms with Crippen LogP contribution in [0, 0.1) is 6.92 Å². The van der Waals surface area contributed by atoms with Gasteiger partial charge in [0.05, 0.1) is 17.8 Å². The van der Waals surface area contributed by atoms with Crippen molar-refractivity contribution in [1.29, 1.82) is 0 Å². The Labute approximate surface area is 104 Å². The predicted molar refractivity (Wildman–Crippen MR) is 68.6 cm³/mol. The van der Waals surface area contributed by atoms with Crippen LogP contribution in [-0.4, -0.2) is 12.1 Å². The molecule has 17 heavy (non-hydrogen) atoms. The molecule has 4 nitrogen and oxygen atoms in total. The van der Waals surface area contributed by atoms with Crippen molar-refractivity contribution >= 4 is 17.0 Å². The largest absolute Gasteiger partial charge is 0.493 e. The number of rotatable bonds is 4. The zero-order valence-electron chi connectivity index (χ0n) is 9.77. The smallest absolute Gasteiger partial charge is 0.163 e. The molecule has 0 bridgehead atoms. The van der Waals surface area contributed by atoms with E-state index in [1.54, 1.807) is 36.6 Å². The van der Waals surface area contributed by atoms with E-state index in [-0.39, 0.29) is 0 Å². The maximum absolute atomic E-state index is 5.71. The van der Waals surface area contributed by atoms with Crippen LogP contribution in [0.15, 0.2) is 23.6 Å². The minimum atomic E-state index is 0.421. The van der Waals surface area contributed by atoms with Crippen LogP contribution < -0.4 is 15.2 Å². The molecular formula is C12H14N2O2S. The molecule has 0 fully saturated rings. The Morgan fingerprint density at radius 3 is 2.82 bits per heavy atom. The van der Waals surface area contributed by atoms with E-state index in [2.05, 4.69) is 4.98 Å². The number of nitrogen functional groups attached to an aromatic ring is 1. The third kappa shape index (κ3) is 2.88. The molecule has 0 amide bonds. The average Bonchev–Trinajstić information content (AvgIpc) is 2.73. The number of nitrogens with two attached hydrogens (primary N) is 1. The van der Waals surface area contributed by atoms with Crippen molar-refractivity contribution in [2.45, 2.75) is 13.5 Å². The highest BCUT2D eigenvalue weighted by molar-refractivity contribution is 7.09. The third-order valence-electron chi connectivity index (χ3n) is 2.23. The summed E-state index contributed by atoms with van der Waals surface area (Å²) < 4.78 is 10.8. The van der Waals surface area contributed by atoms with Crippen molar-refractivity contribution in [2.24, 2.45) is 0 Å². The summed E-state index contributed by atoms with van der Waals surface area (Å²) >= 11 is 1.61. The Balaban J connectivity index is 2.10. The van der Waals surface area contributed by atoms with Gasteiger partial charge in [-0.15, -0.1) is 11.3 Å². The quantitative estimate of drug-likeness (QED) is 0.847. The molecule has 1 aromatic carbocycles. The fourth-order valence-corrected chi connectivity index (χ4v) is 2.03.